The van der Waals surface area contributed by atoms with E-state index in [1.165, 1.54) is 12.5 Å². The molecular weight excluding hydrogens is 385 g/mol. The maximum Gasteiger partial charge on any atom is 0.220 e. The molecule has 0 atom stereocenters. The van der Waals surface area contributed by atoms with Gasteiger partial charge in [0.2, 0.25) is 5.91 Å². The number of anilines is 1. The Bertz CT molecular complexity index is 1100. The molecule has 29 heavy (non-hydrogen) atoms. The quantitative estimate of drug-likeness (QED) is 0.747. The average Bonchev–Trinajstić information content (AvgIpc) is 3.08. The van der Waals surface area contributed by atoms with Crippen molar-refractivity contribution in [1.29, 1.82) is 0 Å². The number of carbonyl (C=O) groups excluding carboxylic acids is 1. The minimum Gasteiger partial charge on any atom is -0.366 e. The second kappa shape index (κ2) is 8.29. The van der Waals surface area contributed by atoms with Gasteiger partial charge in [-0.2, -0.15) is 9.61 Å². The molecule has 0 saturated carbocycles. The topological polar surface area (TPSA) is 71.3 Å². The van der Waals surface area contributed by atoms with Crippen LogP contribution in [0.1, 0.15) is 38.3 Å². The number of hydrogen-bond acceptors (Lipinski definition) is 4. The Kier molecular flexibility index (Phi) is 5.58. The van der Waals surface area contributed by atoms with Gasteiger partial charge in [0, 0.05) is 42.0 Å². The molecular formula is C21H23BClN5O. The summed E-state index contributed by atoms with van der Waals surface area (Å²) in [6.45, 7) is 2.23. The molecule has 148 valence electrons. The lowest BCUT2D eigenvalue weighted by Crippen LogP contribution is -2.21. The summed E-state index contributed by atoms with van der Waals surface area (Å²) in [4.78, 5) is 16.0. The monoisotopic (exact) mass is 407 g/mol. The molecule has 4 rings (SSSR count). The number of allylic oxidation sites excluding steroid dienone is 7. The lowest BCUT2D eigenvalue weighted by atomic mass is 10.00. The van der Waals surface area contributed by atoms with Crippen molar-refractivity contribution in [3.63, 3.8) is 0 Å². The van der Waals surface area contributed by atoms with Crippen molar-refractivity contribution in [2.45, 2.75) is 32.6 Å². The minimum absolute atomic E-state index is 0.0308. The third kappa shape index (κ3) is 4.30. The van der Waals surface area contributed by atoms with E-state index in [-0.39, 0.29) is 5.91 Å². The van der Waals surface area contributed by atoms with Crippen LogP contribution in [0.2, 0.25) is 0 Å². The molecule has 0 fully saturated rings. The molecule has 0 bridgehead atoms. The van der Waals surface area contributed by atoms with E-state index in [9.17, 15) is 4.79 Å². The van der Waals surface area contributed by atoms with Gasteiger partial charge in [0.05, 0.1) is 5.69 Å². The highest BCUT2D eigenvalue weighted by Crippen LogP contribution is 2.31. The molecule has 0 saturated heterocycles. The third-order valence-electron chi connectivity index (χ3n) is 5.09. The first-order valence-electron chi connectivity index (χ1n) is 9.83. The predicted molar refractivity (Wildman–Crippen MR) is 120 cm³/mol. The number of halogens is 1. The number of carbonyl (C=O) groups is 1. The number of nitrogens with one attached hydrogen (secondary N) is 2. The van der Waals surface area contributed by atoms with Gasteiger partial charge in [0.25, 0.3) is 0 Å². The molecule has 2 aliphatic carbocycles. The molecule has 0 radical (unpaired) electrons. The van der Waals surface area contributed by atoms with Gasteiger partial charge in [-0.05, 0) is 37.2 Å². The van der Waals surface area contributed by atoms with Gasteiger partial charge in [-0.3, -0.25) is 4.79 Å². The molecule has 0 spiro atoms. The van der Waals surface area contributed by atoms with E-state index in [1.54, 1.807) is 0 Å². The summed E-state index contributed by atoms with van der Waals surface area (Å²) in [6, 6.07) is 2.01. The number of aromatic nitrogens is 3. The maximum atomic E-state index is 11.2. The van der Waals surface area contributed by atoms with Gasteiger partial charge in [-0.1, -0.05) is 35.4 Å². The van der Waals surface area contributed by atoms with Crippen molar-refractivity contribution in [3.8, 4) is 0 Å². The van der Waals surface area contributed by atoms with Gasteiger partial charge in [-0.25, -0.2) is 4.98 Å². The van der Waals surface area contributed by atoms with Crippen LogP contribution < -0.4 is 16.1 Å². The molecule has 6 nitrogen and oxygen atoms in total. The van der Waals surface area contributed by atoms with Gasteiger partial charge in [0.1, 0.15) is 13.7 Å². The van der Waals surface area contributed by atoms with E-state index in [2.05, 4.69) is 27.9 Å². The highest BCUT2D eigenvalue weighted by Gasteiger charge is 2.16. The molecule has 0 aromatic carbocycles. The van der Waals surface area contributed by atoms with Crippen LogP contribution in [0.5, 0.6) is 0 Å². The summed E-state index contributed by atoms with van der Waals surface area (Å²) < 4.78 is 1.84. The van der Waals surface area contributed by atoms with Gasteiger partial charge < -0.3 is 10.6 Å². The summed E-state index contributed by atoms with van der Waals surface area (Å²) in [5, 5.41) is 11.6. The van der Waals surface area contributed by atoms with Crippen molar-refractivity contribution in [2.24, 2.45) is 0 Å². The molecule has 2 aromatic rings. The van der Waals surface area contributed by atoms with E-state index in [0.29, 0.717) is 6.54 Å². The molecule has 2 N–H and O–H groups in total. The van der Waals surface area contributed by atoms with Crippen molar-refractivity contribution in [3.05, 3.63) is 58.6 Å². The van der Waals surface area contributed by atoms with Crippen LogP contribution in [0.3, 0.4) is 0 Å². The first kappa shape index (κ1) is 19.5. The zero-order valence-electron chi connectivity index (χ0n) is 16.6. The summed E-state index contributed by atoms with van der Waals surface area (Å²) in [5.41, 5.74) is 5.91. The Morgan fingerprint density at radius 1 is 1.28 bits per heavy atom. The Hall–Kier alpha value is -2.80. The molecule has 2 heterocycles. The van der Waals surface area contributed by atoms with Crippen LogP contribution in [0.4, 0.5) is 5.82 Å². The molecule has 8 heteroatoms. The van der Waals surface area contributed by atoms with Crippen LogP contribution in [-0.4, -0.2) is 34.9 Å². The zero-order valence-corrected chi connectivity index (χ0v) is 17.4. The van der Waals surface area contributed by atoms with Crippen LogP contribution in [0, 0.1) is 0 Å². The second-order valence-electron chi connectivity index (χ2n) is 7.39. The average molecular weight is 408 g/mol. The zero-order chi connectivity index (χ0) is 20.4. The lowest BCUT2D eigenvalue weighted by molar-refractivity contribution is -0.118. The van der Waals surface area contributed by atoms with Gasteiger partial charge in [0.15, 0.2) is 5.65 Å². The van der Waals surface area contributed by atoms with Crippen LogP contribution in [-0.2, 0) is 4.79 Å². The largest absolute Gasteiger partial charge is 0.366 e. The third-order valence-corrected chi connectivity index (χ3v) is 5.45. The highest BCUT2D eigenvalue weighted by molar-refractivity contribution is 6.37. The van der Waals surface area contributed by atoms with Crippen molar-refractivity contribution < 1.29 is 4.79 Å². The van der Waals surface area contributed by atoms with Gasteiger partial charge in [-0.15, -0.1) is 0 Å². The molecule has 2 aromatic heterocycles. The standard InChI is InChI=1S/C21H23BClN5O/c1-13(29)26-15-8-6-14(7-9-15)11-24-20-10-19(16-4-2-3-5-18(16)23)27-21-17(22)12-25-28(20)21/h4-6,8,10,12,24H,2-3,7,9,11,22H2,1H3,(H,26,29). The van der Waals surface area contributed by atoms with Gasteiger partial charge >= 0.3 is 0 Å². The highest BCUT2D eigenvalue weighted by atomic mass is 35.5. The SMILES string of the molecule is Bc1cnn2c(NCC3=CC=C(NC(C)=O)CC3)cc(C3=CCCC=C3Cl)nc12. The number of nitrogens with zero attached hydrogens (tertiary/aromatic N) is 3. The number of amides is 1. The summed E-state index contributed by atoms with van der Waals surface area (Å²) in [5.74, 6) is 0.850. The van der Waals surface area contributed by atoms with Crippen molar-refractivity contribution in [2.75, 3.05) is 11.9 Å². The number of rotatable bonds is 5. The van der Waals surface area contributed by atoms with Crippen LogP contribution >= 0.6 is 11.6 Å². The van der Waals surface area contributed by atoms with E-state index >= 15 is 0 Å². The molecule has 2 aliphatic rings. The summed E-state index contributed by atoms with van der Waals surface area (Å²) in [7, 11) is 2.01. The van der Waals surface area contributed by atoms with E-state index < -0.39 is 0 Å². The minimum atomic E-state index is -0.0308. The number of fused-ring (bicyclic) bond motifs is 1. The Balaban J connectivity index is 1.60. The smallest absolute Gasteiger partial charge is 0.220 e. The first-order valence-corrected chi connectivity index (χ1v) is 10.2. The summed E-state index contributed by atoms with van der Waals surface area (Å²) >= 11 is 6.45. The van der Waals surface area contributed by atoms with E-state index in [1.807, 2.05) is 36.8 Å². The van der Waals surface area contributed by atoms with Crippen molar-refractivity contribution >= 4 is 47.9 Å². The van der Waals surface area contributed by atoms with Crippen molar-refractivity contribution in [1.82, 2.24) is 19.9 Å². The first-order chi connectivity index (χ1) is 14.0. The predicted octanol–water partition coefficient (Wildman–Crippen LogP) is 2.44. The molecule has 0 unspecified atom stereocenters. The Labute approximate surface area is 175 Å². The Morgan fingerprint density at radius 3 is 2.83 bits per heavy atom. The van der Waals surface area contributed by atoms with Crippen LogP contribution in [0.25, 0.3) is 11.2 Å². The van der Waals surface area contributed by atoms with E-state index in [4.69, 9.17) is 16.6 Å². The molecule has 0 aliphatic heterocycles. The Morgan fingerprint density at radius 2 is 2.10 bits per heavy atom. The fraction of sp³-hybridized carbons (Fsp3) is 0.286. The summed E-state index contributed by atoms with van der Waals surface area (Å²) in [6.07, 6.45) is 13.7. The fourth-order valence-corrected chi connectivity index (χ4v) is 3.85. The second-order valence-corrected chi connectivity index (χ2v) is 7.80. The maximum absolute atomic E-state index is 11.2. The lowest BCUT2D eigenvalue weighted by Gasteiger charge is -2.17. The van der Waals surface area contributed by atoms with Crippen LogP contribution in [0.15, 0.2) is 52.9 Å². The normalized spacial score (nSPS) is 16.6. The number of hydrogen-bond donors (Lipinski definition) is 2. The van der Waals surface area contributed by atoms with E-state index in [0.717, 1.165) is 64.6 Å². The molecule has 1 amide bonds. The fourth-order valence-electron chi connectivity index (χ4n) is 3.57.